The first kappa shape index (κ1) is 20.5. The maximum atomic E-state index is 13.7. The number of anilines is 2. The second kappa shape index (κ2) is 8.28. The highest BCUT2D eigenvalue weighted by atomic mass is 127. The molecule has 1 amide bonds. The average molecular weight is 476 g/mol. The van der Waals surface area contributed by atoms with Gasteiger partial charge in [0.05, 0.1) is 17.9 Å². The van der Waals surface area contributed by atoms with Gasteiger partial charge in [0.25, 0.3) is 5.91 Å². The van der Waals surface area contributed by atoms with Crippen molar-refractivity contribution < 1.29 is 23.5 Å². The highest BCUT2D eigenvalue weighted by Crippen LogP contribution is 2.27. The maximum Gasteiger partial charge on any atom is 0.277 e. The van der Waals surface area contributed by atoms with Crippen molar-refractivity contribution in [1.82, 2.24) is 5.48 Å². The summed E-state index contributed by atoms with van der Waals surface area (Å²) in [5.74, 6) is -3.00. The van der Waals surface area contributed by atoms with E-state index < -0.39 is 23.1 Å². The fourth-order valence-electron chi connectivity index (χ4n) is 2.02. The minimum Gasteiger partial charge on any atom is -0.393 e. The molecule has 8 heteroatoms. The number of carbonyl (C=O) groups is 1. The zero-order valence-electron chi connectivity index (χ0n) is 14.5. The van der Waals surface area contributed by atoms with Crippen molar-refractivity contribution in [3.63, 3.8) is 0 Å². The Morgan fingerprint density at radius 2 is 1.85 bits per heavy atom. The van der Waals surface area contributed by atoms with Gasteiger partial charge in [-0.2, -0.15) is 0 Å². The van der Waals surface area contributed by atoms with E-state index >= 15 is 0 Å². The van der Waals surface area contributed by atoms with Gasteiger partial charge in [-0.1, -0.05) is 0 Å². The number of benzene rings is 2. The second-order valence-electron chi connectivity index (χ2n) is 6.35. The molecule has 2 aromatic rings. The topological polar surface area (TPSA) is 70.6 Å². The third-order valence-corrected chi connectivity index (χ3v) is 4.23. The summed E-state index contributed by atoms with van der Waals surface area (Å²) in [6.07, 6.45) is 0. The molecule has 140 valence electrons. The number of amides is 1. The summed E-state index contributed by atoms with van der Waals surface area (Å²) >= 11 is 2.16. The highest BCUT2D eigenvalue weighted by molar-refractivity contribution is 14.1. The molecule has 0 saturated heterocycles. The number of aliphatic hydroxyl groups is 1. The summed E-state index contributed by atoms with van der Waals surface area (Å²) in [7, 11) is 0. The van der Waals surface area contributed by atoms with Crippen molar-refractivity contribution in [3.8, 4) is 0 Å². The zero-order chi connectivity index (χ0) is 19.5. The predicted molar refractivity (Wildman–Crippen MR) is 103 cm³/mol. The van der Waals surface area contributed by atoms with Crippen molar-refractivity contribution in [1.29, 1.82) is 0 Å². The number of hydrogen-bond acceptors (Lipinski definition) is 4. The van der Waals surface area contributed by atoms with Gasteiger partial charge in [-0.05, 0) is 73.2 Å². The summed E-state index contributed by atoms with van der Waals surface area (Å²) in [5.41, 5.74) is 2.64. The van der Waals surface area contributed by atoms with Crippen LogP contribution in [0.15, 0.2) is 30.3 Å². The molecular formula is C18H19F2IN2O3. The number of hydrogen-bond donors (Lipinski definition) is 3. The lowest BCUT2D eigenvalue weighted by atomic mass is 10.1. The molecule has 0 bridgehead atoms. The lowest BCUT2D eigenvalue weighted by Crippen LogP contribution is -2.38. The molecule has 26 heavy (non-hydrogen) atoms. The summed E-state index contributed by atoms with van der Waals surface area (Å²) in [6.45, 7) is 4.65. The Morgan fingerprint density at radius 1 is 1.19 bits per heavy atom. The number of carbonyl (C=O) groups excluding carboxylic acids is 1. The molecule has 0 aromatic heterocycles. The molecule has 0 spiro atoms. The Hall–Kier alpha value is -1.78. The smallest absolute Gasteiger partial charge is 0.277 e. The van der Waals surface area contributed by atoms with Crippen LogP contribution in [-0.4, -0.2) is 23.2 Å². The Kier molecular flexibility index (Phi) is 6.53. The van der Waals surface area contributed by atoms with E-state index in [1.807, 2.05) is 19.1 Å². The van der Waals surface area contributed by atoms with E-state index in [-0.39, 0.29) is 17.9 Å². The monoisotopic (exact) mass is 476 g/mol. The van der Waals surface area contributed by atoms with Crippen LogP contribution in [0.3, 0.4) is 0 Å². The normalized spacial score (nSPS) is 11.3. The van der Waals surface area contributed by atoms with E-state index in [4.69, 9.17) is 9.94 Å². The van der Waals surface area contributed by atoms with Crippen molar-refractivity contribution in [2.75, 3.05) is 11.9 Å². The predicted octanol–water partition coefficient (Wildman–Crippen LogP) is 4.05. The van der Waals surface area contributed by atoms with E-state index in [2.05, 4.69) is 33.4 Å². The summed E-state index contributed by atoms with van der Waals surface area (Å²) < 4.78 is 28.4. The van der Waals surface area contributed by atoms with Crippen LogP contribution in [0.5, 0.6) is 0 Å². The van der Waals surface area contributed by atoms with Gasteiger partial charge in [0.1, 0.15) is 5.60 Å². The van der Waals surface area contributed by atoms with Crippen LogP contribution in [0.25, 0.3) is 0 Å². The van der Waals surface area contributed by atoms with Crippen LogP contribution < -0.4 is 10.8 Å². The van der Waals surface area contributed by atoms with Gasteiger partial charge < -0.3 is 10.4 Å². The molecule has 0 fully saturated rings. The van der Waals surface area contributed by atoms with Gasteiger partial charge >= 0.3 is 0 Å². The molecule has 0 unspecified atom stereocenters. The standard InChI is InChI=1S/C18H19F2IN2O3/c1-10-6-11(21)4-5-15(10)22-16-8-14(20)13(19)7-12(16)17(25)23-26-18(2,3)9-24/h4-8,22,24H,9H2,1-3H3,(H,23,25). The van der Waals surface area contributed by atoms with Crippen molar-refractivity contribution in [3.05, 3.63) is 56.7 Å². The fourth-order valence-corrected chi connectivity index (χ4v) is 2.67. The molecule has 2 rings (SSSR count). The molecule has 0 saturated carbocycles. The Morgan fingerprint density at radius 3 is 2.46 bits per heavy atom. The minimum absolute atomic E-state index is 0.0936. The van der Waals surface area contributed by atoms with Crippen molar-refractivity contribution >= 4 is 39.9 Å². The number of aliphatic hydroxyl groups excluding tert-OH is 1. The van der Waals surface area contributed by atoms with Gasteiger partial charge in [0.2, 0.25) is 0 Å². The van der Waals surface area contributed by atoms with E-state index in [1.54, 1.807) is 19.9 Å². The minimum atomic E-state index is -1.15. The summed E-state index contributed by atoms with van der Waals surface area (Å²) in [4.78, 5) is 17.5. The van der Waals surface area contributed by atoms with Crippen molar-refractivity contribution in [2.45, 2.75) is 26.4 Å². The highest BCUT2D eigenvalue weighted by Gasteiger charge is 2.22. The molecule has 0 radical (unpaired) electrons. The van der Waals surface area contributed by atoms with Gasteiger partial charge in [-0.25, -0.2) is 14.3 Å². The van der Waals surface area contributed by atoms with Crippen LogP contribution in [0.4, 0.5) is 20.2 Å². The lowest BCUT2D eigenvalue weighted by Gasteiger charge is -2.22. The first-order chi connectivity index (χ1) is 12.1. The Balaban J connectivity index is 2.33. The van der Waals surface area contributed by atoms with E-state index in [1.165, 1.54) is 0 Å². The fraction of sp³-hybridized carbons (Fsp3) is 0.278. The average Bonchev–Trinajstić information content (AvgIpc) is 2.58. The number of aryl methyl sites for hydroxylation is 1. The Labute approximate surface area is 163 Å². The zero-order valence-corrected chi connectivity index (χ0v) is 16.6. The largest absolute Gasteiger partial charge is 0.393 e. The van der Waals surface area contributed by atoms with E-state index in [0.29, 0.717) is 5.69 Å². The third kappa shape index (κ3) is 5.12. The molecule has 2 aromatic carbocycles. The molecule has 5 nitrogen and oxygen atoms in total. The first-order valence-electron chi connectivity index (χ1n) is 7.74. The number of halogens is 3. The van der Waals surface area contributed by atoms with Gasteiger partial charge in [0, 0.05) is 15.3 Å². The molecule has 0 aliphatic rings. The van der Waals surface area contributed by atoms with Crippen LogP contribution in [-0.2, 0) is 4.84 Å². The molecular weight excluding hydrogens is 457 g/mol. The number of nitrogens with one attached hydrogen (secondary N) is 2. The SMILES string of the molecule is Cc1cc(I)ccc1Nc1cc(F)c(F)cc1C(=O)NOC(C)(C)CO. The molecule has 0 aliphatic heterocycles. The van der Waals surface area contributed by atoms with Crippen LogP contribution in [0.1, 0.15) is 29.8 Å². The van der Waals surface area contributed by atoms with Crippen LogP contribution >= 0.6 is 22.6 Å². The van der Waals surface area contributed by atoms with Crippen LogP contribution in [0.2, 0.25) is 0 Å². The van der Waals surface area contributed by atoms with Gasteiger partial charge in [0.15, 0.2) is 11.6 Å². The lowest BCUT2D eigenvalue weighted by molar-refractivity contribution is -0.0956. The third-order valence-electron chi connectivity index (χ3n) is 3.56. The van der Waals surface area contributed by atoms with E-state index in [9.17, 15) is 13.6 Å². The Bertz CT molecular complexity index is 828. The number of rotatable bonds is 6. The number of hydroxylamine groups is 1. The molecule has 0 heterocycles. The van der Waals surface area contributed by atoms with Gasteiger partial charge in [-0.15, -0.1) is 0 Å². The first-order valence-corrected chi connectivity index (χ1v) is 8.82. The van der Waals surface area contributed by atoms with Crippen LogP contribution in [0, 0.1) is 22.1 Å². The molecule has 3 N–H and O–H groups in total. The van der Waals surface area contributed by atoms with E-state index in [0.717, 1.165) is 21.3 Å². The second-order valence-corrected chi connectivity index (χ2v) is 7.59. The van der Waals surface area contributed by atoms with Gasteiger partial charge in [-0.3, -0.25) is 9.63 Å². The summed E-state index contributed by atoms with van der Waals surface area (Å²) in [5, 5.41) is 12.1. The molecule has 0 atom stereocenters. The molecule has 0 aliphatic carbocycles. The maximum absolute atomic E-state index is 13.7. The summed E-state index contributed by atoms with van der Waals surface area (Å²) in [6, 6.07) is 7.26. The van der Waals surface area contributed by atoms with Crippen molar-refractivity contribution in [2.24, 2.45) is 0 Å². The quantitative estimate of drug-likeness (QED) is 0.435.